The second-order valence-corrected chi connectivity index (χ2v) is 4.64. The number of rotatable bonds is 1. The van der Waals surface area contributed by atoms with Gasteiger partial charge in [-0.15, -0.1) is 5.10 Å². The van der Waals surface area contributed by atoms with Gasteiger partial charge in [-0.2, -0.15) is 13.4 Å². The zero-order valence-corrected chi connectivity index (χ0v) is 8.96. The third kappa shape index (κ3) is 1.62. The van der Waals surface area contributed by atoms with Crippen molar-refractivity contribution < 1.29 is 12.3 Å². The molecule has 74 valence electrons. The van der Waals surface area contributed by atoms with E-state index in [0.717, 1.165) is 0 Å². The molecule has 0 unspecified atom stereocenters. The molecule has 2 rings (SSSR count). The van der Waals surface area contributed by atoms with Crippen LogP contribution in [0.5, 0.6) is 0 Å². The molecule has 5 nitrogen and oxygen atoms in total. The van der Waals surface area contributed by atoms with Gasteiger partial charge in [-0.3, -0.25) is 0 Å². The molecular formula is C6H3BrFN3O2S. The first-order chi connectivity index (χ1) is 6.47. The summed E-state index contributed by atoms with van der Waals surface area (Å²) in [6, 6.07) is 3.16. The SMILES string of the molecule is O=S(=O)(F)c1nc2cc(Br)ccn2n1. The molecule has 2 aromatic rings. The maximum absolute atomic E-state index is 12.5. The van der Waals surface area contributed by atoms with E-state index in [9.17, 15) is 12.3 Å². The van der Waals surface area contributed by atoms with Gasteiger partial charge in [0.15, 0.2) is 5.65 Å². The maximum Gasteiger partial charge on any atom is 0.369 e. The van der Waals surface area contributed by atoms with Crippen LogP contribution >= 0.6 is 15.9 Å². The van der Waals surface area contributed by atoms with Gasteiger partial charge in [0.2, 0.25) is 0 Å². The van der Waals surface area contributed by atoms with E-state index < -0.39 is 15.4 Å². The summed E-state index contributed by atoms with van der Waals surface area (Å²) < 4.78 is 35.3. The average molecular weight is 280 g/mol. The number of pyridine rings is 1. The summed E-state index contributed by atoms with van der Waals surface area (Å²) in [5.41, 5.74) is 0.260. The fraction of sp³-hybridized carbons (Fsp3) is 0. The van der Waals surface area contributed by atoms with Crippen LogP contribution in [0.15, 0.2) is 28.0 Å². The van der Waals surface area contributed by atoms with Crippen molar-refractivity contribution in [2.24, 2.45) is 0 Å². The van der Waals surface area contributed by atoms with Gasteiger partial charge in [0.25, 0.3) is 5.16 Å². The minimum Gasteiger partial charge on any atom is -0.220 e. The molecule has 2 heterocycles. The van der Waals surface area contributed by atoms with Crippen LogP contribution in [0, 0.1) is 0 Å². The summed E-state index contributed by atoms with van der Waals surface area (Å²) in [5.74, 6) is 0. The van der Waals surface area contributed by atoms with Crippen molar-refractivity contribution >= 4 is 31.8 Å². The lowest BCUT2D eigenvalue weighted by Gasteiger charge is -1.89. The number of fused-ring (bicyclic) bond motifs is 1. The van der Waals surface area contributed by atoms with Crippen molar-refractivity contribution in [3.05, 3.63) is 22.8 Å². The third-order valence-electron chi connectivity index (χ3n) is 1.50. The van der Waals surface area contributed by atoms with E-state index in [1.54, 1.807) is 6.07 Å². The summed E-state index contributed by atoms with van der Waals surface area (Å²) in [6.45, 7) is 0. The Morgan fingerprint density at radius 1 is 1.50 bits per heavy atom. The van der Waals surface area contributed by atoms with Crippen LogP contribution in [0.3, 0.4) is 0 Å². The Balaban J connectivity index is 2.75. The highest BCUT2D eigenvalue weighted by Gasteiger charge is 2.18. The molecule has 0 atom stereocenters. The van der Waals surface area contributed by atoms with Gasteiger partial charge >= 0.3 is 10.2 Å². The predicted molar refractivity (Wildman–Crippen MR) is 49.0 cm³/mol. The second-order valence-electron chi connectivity index (χ2n) is 2.48. The van der Waals surface area contributed by atoms with Crippen molar-refractivity contribution in [1.29, 1.82) is 0 Å². The molecule has 0 aliphatic carbocycles. The summed E-state index contributed by atoms with van der Waals surface area (Å²) in [4.78, 5) is 3.50. The van der Waals surface area contributed by atoms with Crippen LogP contribution in [0.25, 0.3) is 5.65 Å². The number of hydrogen-bond acceptors (Lipinski definition) is 4. The largest absolute Gasteiger partial charge is 0.369 e. The van der Waals surface area contributed by atoms with Gasteiger partial charge in [0.05, 0.1) is 0 Å². The molecule has 0 saturated carbocycles. The molecular weight excluding hydrogens is 277 g/mol. The smallest absolute Gasteiger partial charge is 0.220 e. The minimum absolute atomic E-state index is 0.260. The zero-order valence-electron chi connectivity index (χ0n) is 6.55. The van der Waals surface area contributed by atoms with E-state index in [2.05, 4.69) is 26.0 Å². The quantitative estimate of drug-likeness (QED) is 0.735. The number of aromatic nitrogens is 3. The van der Waals surface area contributed by atoms with E-state index >= 15 is 0 Å². The summed E-state index contributed by atoms with van der Waals surface area (Å²) >= 11 is 3.17. The van der Waals surface area contributed by atoms with Crippen LogP contribution < -0.4 is 0 Å². The van der Waals surface area contributed by atoms with E-state index in [0.29, 0.717) is 4.47 Å². The van der Waals surface area contributed by atoms with Crippen molar-refractivity contribution in [2.45, 2.75) is 5.16 Å². The zero-order chi connectivity index (χ0) is 10.3. The Kier molecular flexibility index (Phi) is 2.04. The average Bonchev–Trinajstić information content (AvgIpc) is 2.45. The molecule has 2 aromatic heterocycles. The van der Waals surface area contributed by atoms with Crippen molar-refractivity contribution in [3.8, 4) is 0 Å². The Morgan fingerprint density at radius 2 is 2.21 bits per heavy atom. The number of hydrogen-bond donors (Lipinski definition) is 0. The van der Waals surface area contributed by atoms with Gasteiger partial charge in [0, 0.05) is 10.7 Å². The monoisotopic (exact) mass is 279 g/mol. The highest BCUT2D eigenvalue weighted by Crippen LogP contribution is 2.14. The van der Waals surface area contributed by atoms with Crippen LogP contribution in [-0.2, 0) is 10.2 Å². The summed E-state index contributed by atoms with van der Waals surface area (Å²) in [6.07, 6.45) is 1.47. The van der Waals surface area contributed by atoms with Crippen LogP contribution in [0.4, 0.5) is 3.89 Å². The summed E-state index contributed by atoms with van der Waals surface area (Å²) in [5, 5.41) is 2.62. The normalized spacial score (nSPS) is 12.1. The van der Waals surface area contributed by atoms with Gasteiger partial charge in [-0.05, 0) is 12.1 Å². The van der Waals surface area contributed by atoms with E-state index in [-0.39, 0.29) is 5.65 Å². The first-order valence-corrected chi connectivity index (χ1v) is 5.61. The van der Waals surface area contributed by atoms with Crippen LogP contribution in [0.2, 0.25) is 0 Å². The molecule has 0 aliphatic rings. The molecule has 0 radical (unpaired) electrons. The van der Waals surface area contributed by atoms with E-state index in [1.165, 1.54) is 16.8 Å². The molecule has 0 fully saturated rings. The molecule has 8 heteroatoms. The standard InChI is InChI=1S/C6H3BrFN3O2S/c7-4-1-2-11-5(3-4)9-6(10-11)14(8,12)13/h1-3H. The number of halogens is 2. The molecule has 0 amide bonds. The molecule has 0 saturated heterocycles. The van der Waals surface area contributed by atoms with Gasteiger partial charge in [0.1, 0.15) is 0 Å². The molecule has 0 spiro atoms. The fourth-order valence-corrected chi connectivity index (χ4v) is 1.65. The first kappa shape index (κ1) is 9.53. The second kappa shape index (κ2) is 2.99. The molecule has 0 aromatic carbocycles. The van der Waals surface area contributed by atoms with Crippen LogP contribution in [-0.4, -0.2) is 23.0 Å². The number of nitrogens with zero attached hydrogens (tertiary/aromatic N) is 3. The molecule has 0 bridgehead atoms. The molecule has 0 aliphatic heterocycles. The lowest BCUT2D eigenvalue weighted by Crippen LogP contribution is -1.95. The van der Waals surface area contributed by atoms with Crippen molar-refractivity contribution in [2.75, 3.05) is 0 Å². The van der Waals surface area contributed by atoms with Gasteiger partial charge in [-0.1, -0.05) is 19.8 Å². The predicted octanol–water partition coefficient (Wildman–Crippen LogP) is 1.15. The van der Waals surface area contributed by atoms with Gasteiger partial charge < -0.3 is 0 Å². The third-order valence-corrected chi connectivity index (χ3v) is 2.60. The molecule has 0 N–H and O–H groups in total. The van der Waals surface area contributed by atoms with Crippen molar-refractivity contribution in [1.82, 2.24) is 14.6 Å². The lowest BCUT2D eigenvalue weighted by molar-refractivity contribution is 0.542. The Labute approximate surface area is 86.9 Å². The van der Waals surface area contributed by atoms with Gasteiger partial charge in [-0.25, -0.2) is 4.52 Å². The molecule has 14 heavy (non-hydrogen) atoms. The minimum atomic E-state index is -4.84. The van der Waals surface area contributed by atoms with Crippen molar-refractivity contribution in [3.63, 3.8) is 0 Å². The Bertz CT molecular complexity index is 594. The first-order valence-electron chi connectivity index (χ1n) is 3.43. The lowest BCUT2D eigenvalue weighted by atomic mass is 10.5. The Morgan fingerprint density at radius 3 is 2.86 bits per heavy atom. The Hall–Kier alpha value is -1.02. The highest BCUT2D eigenvalue weighted by atomic mass is 79.9. The van der Waals surface area contributed by atoms with E-state index in [4.69, 9.17) is 0 Å². The van der Waals surface area contributed by atoms with Crippen LogP contribution in [0.1, 0.15) is 0 Å². The van der Waals surface area contributed by atoms with E-state index in [1.807, 2.05) is 0 Å². The highest BCUT2D eigenvalue weighted by molar-refractivity contribution is 9.10. The maximum atomic E-state index is 12.5. The topological polar surface area (TPSA) is 64.3 Å². The summed E-state index contributed by atoms with van der Waals surface area (Å²) in [7, 11) is -4.84. The fourth-order valence-electron chi connectivity index (χ4n) is 0.940.